The molecule has 0 saturated heterocycles. The van der Waals surface area contributed by atoms with Crippen LogP contribution < -0.4 is 4.72 Å². The summed E-state index contributed by atoms with van der Waals surface area (Å²) in [6.07, 6.45) is 2.69. The van der Waals surface area contributed by atoms with Gasteiger partial charge in [-0.3, -0.25) is 0 Å². The van der Waals surface area contributed by atoms with Gasteiger partial charge in [0.05, 0.1) is 22.7 Å². The summed E-state index contributed by atoms with van der Waals surface area (Å²) in [6.45, 7) is 0. The van der Waals surface area contributed by atoms with Crippen LogP contribution in [0, 0.1) is 11.3 Å². The molecule has 0 spiro atoms. The molecule has 0 aliphatic heterocycles. The van der Waals surface area contributed by atoms with Gasteiger partial charge in [0.1, 0.15) is 10.1 Å². The van der Waals surface area contributed by atoms with Gasteiger partial charge in [0.2, 0.25) is 10.0 Å². The molecule has 19 heavy (non-hydrogen) atoms. The number of fused-ring (bicyclic) bond motifs is 1. The molecule has 0 amide bonds. The largest absolute Gasteiger partial charge is 0.242 e. The molecule has 6 nitrogen and oxygen atoms in total. The monoisotopic (exact) mass is 340 g/mol. The van der Waals surface area contributed by atoms with E-state index in [0.717, 1.165) is 0 Å². The lowest BCUT2D eigenvalue weighted by molar-refractivity contribution is 0.570. The summed E-state index contributed by atoms with van der Waals surface area (Å²) in [6, 6.07) is 6.70. The average Bonchev–Trinajstić information content (AvgIpc) is 2.95. The van der Waals surface area contributed by atoms with Crippen LogP contribution in [-0.2, 0) is 10.0 Å². The van der Waals surface area contributed by atoms with Crippen LogP contribution in [-0.4, -0.2) is 23.6 Å². The Morgan fingerprint density at radius 1 is 1.47 bits per heavy atom. The first-order valence-electron chi connectivity index (χ1n) is 5.54. The van der Waals surface area contributed by atoms with Crippen molar-refractivity contribution in [3.63, 3.8) is 0 Å². The molecule has 1 fully saturated rings. The van der Waals surface area contributed by atoms with Crippen molar-refractivity contribution in [2.24, 2.45) is 0 Å². The number of hydrogen-bond acceptors (Lipinski definition) is 4. The van der Waals surface area contributed by atoms with Gasteiger partial charge in [-0.15, -0.1) is 0 Å². The normalized spacial score (nSPS) is 17.3. The number of hydrogen-bond donors (Lipinski definition) is 1. The summed E-state index contributed by atoms with van der Waals surface area (Å²) in [5, 5.41) is 13.0. The van der Waals surface area contributed by atoms with Crippen molar-refractivity contribution in [2.75, 3.05) is 0 Å². The average molecular weight is 341 g/mol. The maximum atomic E-state index is 12.3. The molecular formula is C11H9BrN4O2S. The molecule has 8 heteroatoms. The molecule has 0 bridgehead atoms. The highest BCUT2D eigenvalue weighted by molar-refractivity contribution is 9.10. The van der Waals surface area contributed by atoms with E-state index in [1.54, 1.807) is 16.8 Å². The zero-order valence-corrected chi connectivity index (χ0v) is 12.1. The number of nitriles is 1. The molecule has 2 aromatic rings. The summed E-state index contributed by atoms with van der Waals surface area (Å²) >= 11 is 3.27. The Morgan fingerprint density at radius 2 is 2.21 bits per heavy atom. The summed E-state index contributed by atoms with van der Waals surface area (Å²) in [5.74, 6) is 0. The third-order valence-electron chi connectivity index (χ3n) is 3.03. The van der Waals surface area contributed by atoms with Crippen LogP contribution in [0.5, 0.6) is 0 Å². The lowest BCUT2D eigenvalue weighted by atomic mass is 10.3. The van der Waals surface area contributed by atoms with Crippen molar-refractivity contribution >= 4 is 31.5 Å². The molecular weight excluding hydrogens is 332 g/mol. The summed E-state index contributed by atoms with van der Waals surface area (Å²) in [4.78, 5) is 0.119. The van der Waals surface area contributed by atoms with Gasteiger partial charge in [-0.05, 0) is 47.0 Å². The highest BCUT2D eigenvalue weighted by Crippen LogP contribution is 2.36. The van der Waals surface area contributed by atoms with Crippen molar-refractivity contribution in [1.82, 2.24) is 14.3 Å². The molecule has 2 heterocycles. The first-order valence-corrected chi connectivity index (χ1v) is 7.82. The number of halogens is 1. The first-order chi connectivity index (χ1) is 8.96. The van der Waals surface area contributed by atoms with Crippen LogP contribution in [0.3, 0.4) is 0 Å². The Hall–Kier alpha value is -1.43. The van der Waals surface area contributed by atoms with Crippen LogP contribution in [0.1, 0.15) is 12.8 Å². The fourth-order valence-electron chi connectivity index (χ4n) is 1.80. The van der Waals surface area contributed by atoms with E-state index in [2.05, 4.69) is 25.8 Å². The van der Waals surface area contributed by atoms with E-state index in [-0.39, 0.29) is 4.90 Å². The second kappa shape index (κ2) is 4.03. The van der Waals surface area contributed by atoms with Gasteiger partial charge in [-0.2, -0.15) is 15.1 Å². The molecule has 1 N–H and O–H groups in total. The Kier molecular flexibility index (Phi) is 2.67. The smallest absolute Gasteiger partial charge is 0.227 e. The number of nitrogens with zero attached hydrogens (tertiary/aromatic N) is 3. The zero-order valence-electron chi connectivity index (χ0n) is 9.67. The molecule has 2 aromatic heterocycles. The highest BCUT2D eigenvalue weighted by Gasteiger charge is 2.46. The molecule has 0 unspecified atom stereocenters. The van der Waals surface area contributed by atoms with E-state index < -0.39 is 15.6 Å². The SMILES string of the molecule is N#CC1(NS(=O)(=O)c2cc(Br)n3nccc3c2)CC1. The fourth-order valence-corrected chi connectivity index (χ4v) is 3.92. The van der Waals surface area contributed by atoms with E-state index in [0.29, 0.717) is 23.0 Å². The van der Waals surface area contributed by atoms with Crippen molar-refractivity contribution in [1.29, 1.82) is 5.26 Å². The van der Waals surface area contributed by atoms with Crippen molar-refractivity contribution in [3.8, 4) is 6.07 Å². The second-order valence-corrected chi connectivity index (χ2v) is 6.98. The number of pyridine rings is 1. The minimum atomic E-state index is -3.70. The summed E-state index contributed by atoms with van der Waals surface area (Å²) < 4.78 is 29.1. The number of aromatic nitrogens is 2. The van der Waals surface area contributed by atoms with E-state index in [1.165, 1.54) is 12.1 Å². The predicted octanol–water partition coefficient (Wildman–Crippen LogP) is 1.43. The van der Waals surface area contributed by atoms with Gasteiger partial charge in [0.15, 0.2) is 0 Å². The Balaban J connectivity index is 2.06. The highest BCUT2D eigenvalue weighted by atomic mass is 79.9. The maximum Gasteiger partial charge on any atom is 0.242 e. The van der Waals surface area contributed by atoms with E-state index in [4.69, 9.17) is 5.26 Å². The Labute approximate surface area is 118 Å². The van der Waals surface area contributed by atoms with Crippen molar-refractivity contribution in [3.05, 3.63) is 29.0 Å². The summed E-state index contributed by atoms with van der Waals surface area (Å²) in [5.41, 5.74) is -0.255. The van der Waals surface area contributed by atoms with E-state index >= 15 is 0 Å². The van der Waals surface area contributed by atoms with E-state index in [1.807, 2.05) is 6.07 Å². The third kappa shape index (κ3) is 2.14. The minimum absolute atomic E-state index is 0.119. The van der Waals surface area contributed by atoms with Gasteiger partial charge in [0.25, 0.3) is 0 Å². The van der Waals surface area contributed by atoms with Gasteiger partial charge < -0.3 is 0 Å². The molecule has 1 saturated carbocycles. The number of rotatable bonds is 3. The predicted molar refractivity (Wildman–Crippen MR) is 70.8 cm³/mol. The Morgan fingerprint density at radius 3 is 2.84 bits per heavy atom. The van der Waals surface area contributed by atoms with Crippen LogP contribution >= 0.6 is 15.9 Å². The molecule has 1 aliphatic carbocycles. The molecule has 1 aliphatic rings. The topological polar surface area (TPSA) is 87.3 Å². The fraction of sp³-hybridized carbons (Fsp3) is 0.273. The summed E-state index contributed by atoms with van der Waals surface area (Å²) in [7, 11) is -3.70. The molecule has 98 valence electrons. The molecule has 0 atom stereocenters. The van der Waals surface area contributed by atoms with E-state index in [9.17, 15) is 8.42 Å². The molecule has 0 radical (unpaired) electrons. The van der Waals surface area contributed by atoms with Gasteiger partial charge in [0, 0.05) is 0 Å². The van der Waals surface area contributed by atoms with Crippen LogP contribution in [0.4, 0.5) is 0 Å². The molecule has 3 rings (SSSR count). The van der Waals surface area contributed by atoms with Crippen LogP contribution in [0.25, 0.3) is 5.52 Å². The lowest BCUT2D eigenvalue weighted by Gasteiger charge is -2.11. The zero-order chi connectivity index (χ0) is 13.7. The van der Waals surface area contributed by atoms with Crippen molar-refractivity contribution < 1.29 is 8.42 Å². The molecule has 0 aromatic carbocycles. The van der Waals surface area contributed by atoms with Crippen molar-refractivity contribution in [2.45, 2.75) is 23.3 Å². The lowest BCUT2D eigenvalue weighted by Crippen LogP contribution is -2.35. The van der Waals surface area contributed by atoms with Gasteiger partial charge in [-0.25, -0.2) is 12.9 Å². The van der Waals surface area contributed by atoms with Crippen LogP contribution in [0.2, 0.25) is 0 Å². The second-order valence-electron chi connectivity index (χ2n) is 4.48. The maximum absolute atomic E-state index is 12.3. The van der Waals surface area contributed by atoms with Crippen LogP contribution in [0.15, 0.2) is 33.9 Å². The first kappa shape index (κ1) is 12.6. The van der Waals surface area contributed by atoms with Gasteiger partial charge >= 0.3 is 0 Å². The third-order valence-corrected chi connectivity index (χ3v) is 5.11. The Bertz CT molecular complexity index is 802. The number of nitrogens with one attached hydrogen (secondary N) is 1. The number of sulfonamides is 1. The minimum Gasteiger partial charge on any atom is -0.227 e. The quantitative estimate of drug-likeness (QED) is 0.856. The van der Waals surface area contributed by atoms with Gasteiger partial charge in [-0.1, -0.05) is 0 Å². The standard InChI is InChI=1S/C11H9BrN4O2S/c12-10-6-9(5-8-1-4-14-16(8)10)19(17,18)15-11(7-13)2-3-11/h1,4-6,15H,2-3H2.